The van der Waals surface area contributed by atoms with Crippen molar-refractivity contribution < 1.29 is 14.0 Å². The molecule has 1 aliphatic rings. The van der Waals surface area contributed by atoms with Crippen LogP contribution in [0.2, 0.25) is 0 Å². The van der Waals surface area contributed by atoms with Crippen LogP contribution in [0.5, 0.6) is 0 Å². The highest BCUT2D eigenvalue weighted by molar-refractivity contribution is 5.56. The van der Waals surface area contributed by atoms with Crippen LogP contribution < -0.4 is 0 Å². The van der Waals surface area contributed by atoms with E-state index in [1.807, 2.05) is 6.07 Å². The maximum atomic E-state index is 5.41. The number of methoxy groups -OCH3 is 1. The molecule has 0 N–H and O–H groups in total. The molecule has 1 aromatic heterocycles. The van der Waals surface area contributed by atoms with Gasteiger partial charge in [0, 0.05) is 12.7 Å². The van der Waals surface area contributed by atoms with Gasteiger partial charge in [-0.05, 0) is 29.7 Å². The van der Waals surface area contributed by atoms with Crippen LogP contribution in [-0.4, -0.2) is 23.9 Å². The Kier molecular flexibility index (Phi) is 3.08. The lowest BCUT2D eigenvalue weighted by Gasteiger charge is -2.16. The maximum Gasteiger partial charge on any atom is 0.258 e. The lowest BCUT2D eigenvalue weighted by atomic mass is 10.0. The smallest absolute Gasteiger partial charge is 0.258 e. The van der Waals surface area contributed by atoms with E-state index >= 15 is 0 Å². The first-order valence-electron chi connectivity index (χ1n) is 5.88. The average Bonchev–Trinajstić information content (AvgIpc) is 2.87. The first-order chi connectivity index (χ1) is 8.86. The van der Waals surface area contributed by atoms with Crippen LogP contribution in [0, 0.1) is 0 Å². The van der Waals surface area contributed by atoms with Crippen LogP contribution in [0.1, 0.15) is 17.0 Å². The molecule has 94 valence electrons. The zero-order valence-corrected chi connectivity index (χ0v) is 10.2. The van der Waals surface area contributed by atoms with Crippen molar-refractivity contribution in [3.63, 3.8) is 0 Å². The van der Waals surface area contributed by atoms with E-state index in [1.165, 1.54) is 11.1 Å². The number of benzene rings is 1. The topological polar surface area (TPSA) is 57.4 Å². The van der Waals surface area contributed by atoms with E-state index in [9.17, 15) is 0 Å². The number of hydrogen-bond acceptors (Lipinski definition) is 5. The molecule has 3 rings (SSSR count). The molecule has 1 aromatic carbocycles. The fourth-order valence-electron chi connectivity index (χ4n) is 2.06. The Morgan fingerprint density at radius 1 is 1.33 bits per heavy atom. The molecule has 18 heavy (non-hydrogen) atoms. The Hall–Kier alpha value is -1.72. The van der Waals surface area contributed by atoms with E-state index < -0.39 is 0 Å². The minimum Gasteiger partial charge on any atom is -0.377 e. The van der Waals surface area contributed by atoms with Gasteiger partial charge >= 0.3 is 0 Å². The summed E-state index contributed by atoms with van der Waals surface area (Å²) in [5, 5.41) is 3.86. The van der Waals surface area contributed by atoms with Crippen molar-refractivity contribution in [2.75, 3.05) is 13.7 Å². The monoisotopic (exact) mass is 246 g/mol. The molecule has 0 unspecified atom stereocenters. The molecule has 2 aromatic rings. The molecule has 5 nitrogen and oxygen atoms in total. The molecular weight excluding hydrogens is 232 g/mol. The fourth-order valence-corrected chi connectivity index (χ4v) is 2.06. The minimum atomic E-state index is 0.363. The maximum absolute atomic E-state index is 5.41. The first-order valence-corrected chi connectivity index (χ1v) is 5.88. The zero-order chi connectivity index (χ0) is 12.4. The van der Waals surface area contributed by atoms with Crippen LogP contribution in [-0.2, 0) is 29.1 Å². The molecule has 0 radical (unpaired) electrons. The lowest BCUT2D eigenvalue weighted by molar-refractivity contribution is 0.111. The molecule has 0 fully saturated rings. The standard InChI is InChI=1S/C13H14N2O3/c1-16-8-12-14-13(18-15-12)10-2-3-11-7-17-5-4-9(11)6-10/h2-3,6H,4-5,7-8H2,1H3. The summed E-state index contributed by atoms with van der Waals surface area (Å²) < 4.78 is 15.6. The van der Waals surface area contributed by atoms with E-state index in [1.54, 1.807) is 7.11 Å². The number of hydrogen-bond donors (Lipinski definition) is 0. The van der Waals surface area contributed by atoms with Crippen LogP contribution in [0.15, 0.2) is 22.7 Å². The summed E-state index contributed by atoms with van der Waals surface area (Å²) in [5.41, 5.74) is 3.48. The van der Waals surface area contributed by atoms with Gasteiger partial charge in [-0.1, -0.05) is 11.2 Å². The number of fused-ring (bicyclic) bond motifs is 1. The highest BCUT2D eigenvalue weighted by atomic mass is 16.5. The second kappa shape index (κ2) is 4.88. The lowest BCUT2D eigenvalue weighted by Crippen LogP contribution is -2.09. The van der Waals surface area contributed by atoms with Gasteiger partial charge in [0.25, 0.3) is 5.89 Å². The quantitative estimate of drug-likeness (QED) is 0.828. The van der Waals surface area contributed by atoms with Crippen LogP contribution in [0.25, 0.3) is 11.5 Å². The molecule has 1 aliphatic heterocycles. The number of rotatable bonds is 3. The van der Waals surface area contributed by atoms with E-state index in [0.717, 1.165) is 18.6 Å². The average molecular weight is 246 g/mol. The third-order valence-corrected chi connectivity index (χ3v) is 2.97. The number of ether oxygens (including phenoxy) is 2. The van der Waals surface area contributed by atoms with Gasteiger partial charge in [-0.3, -0.25) is 0 Å². The Bertz CT molecular complexity index is 551. The Morgan fingerprint density at radius 2 is 2.28 bits per heavy atom. The van der Waals surface area contributed by atoms with Crippen LogP contribution in [0.3, 0.4) is 0 Å². The molecule has 2 heterocycles. The van der Waals surface area contributed by atoms with E-state index in [2.05, 4.69) is 22.3 Å². The third-order valence-electron chi connectivity index (χ3n) is 2.97. The van der Waals surface area contributed by atoms with Crippen molar-refractivity contribution in [3.05, 3.63) is 35.2 Å². The normalized spacial score (nSPS) is 14.5. The highest BCUT2D eigenvalue weighted by Crippen LogP contribution is 2.24. The Labute approximate surface area is 105 Å². The fraction of sp³-hybridized carbons (Fsp3) is 0.385. The Balaban J connectivity index is 1.91. The van der Waals surface area contributed by atoms with Crippen molar-refractivity contribution in [3.8, 4) is 11.5 Å². The van der Waals surface area contributed by atoms with Crippen molar-refractivity contribution in [1.82, 2.24) is 10.1 Å². The molecule has 5 heteroatoms. The van der Waals surface area contributed by atoms with Gasteiger partial charge in [0.05, 0.1) is 13.2 Å². The largest absolute Gasteiger partial charge is 0.377 e. The van der Waals surface area contributed by atoms with Crippen LogP contribution >= 0.6 is 0 Å². The summed E-state index contributed by atoms with van der Waals surface area (Å²) in [5.74, 6) is 1.10. The van der Waals surface area contributed by atoms with E-state index in [-0.39, 0.29) is 0 Å². The molecular formula is C13H14N2O3. The van der Waals surface area contributed by atoms with Crippen molar-refractivity contribution >= 4 is 0 Å². The summed E-state index contributed by atoms with van der Waals surface area (Å²) in [6.07, 6.45) is 0.933. The van der Waals surface area contributed by atoms with Crippen molar-refractivity contribution in [2.24, 2.45) is 0 Å². The van der Waals surface area contributed by atoms with Gasteiger partial charge in [-0.15, -0.1) is 0 Å². The van der Waals surface area contributed by atoms with Gasteiger partial charge in [-0.25, -0.2) is 0 Å². The van der Waals surface area contributed by atoms with Crippen molar-refractivity contribution in [2.45, 2.75) is 19.6 Å². The summed E-state index contributed by atoms with van der Waals surface area (Å²) in [6.45, 7) is 1.83. The molecule has 0 aliphatic carbocycles. The summed E-state index contributed by atoms with van der Waals surface area (Å²) in [6, 6.07) is 6.14. The summed E-state index contributed by atoms with van der Waals surface area (Å²) in [4.78, 5) is 4.29. The molecule has 0 saturated heterocycles. The Morgan fingerprint density at radius 3 is 3.17 bits per heavy atom. The molecule has 0 atom stereocenters. The third kappa shape index (κ3) is 2.14. The van der Waals surface area contributed by atoms with Gasteiger partial charge in [0.15, 0.2) is 5.82 Å². The molecule has 0 amide bonds. The molecule has 0 saturated carbocycles. The van der Waals surface area contributed by atoms with Gasteiger partial charge in [-0.2, -0.15) is 4.98 Å². The minimum absolute atomic E-state index is 0.363. The first kappa shape index (κ1) is 11.4. The zero-order valence-electron chi connectivity index (χ0n) is 10.2. The van der Waals surface area contributed by atoms with E-state index in [0.29, 0.717) is 24.9 Å². The number of nitrogens with zero attached hydrogens (tertiary/aromatic N) is 2. The predicted octanol–water partition coefficient (Wildman–Crippen LogP) is 1.96. The second-order valence-electron chi connectivity index (χ2n) is 4.23. The second-order valence-corrected chi connectivity index (χ2v) is 4.23. The predicted molar refractivity (Wildman–Crippen MR) is 63.8 cm³/mol. The summed E-state index contributed by atoms with van der Waals surface area (Å²) in [7, 11) is 1.61. The van der Waals surface area contributed by atoms with Gasteiger partial charge in [0.2, 0.25) is 0 Å². The SMILES string of the molecule is COCc1noc(-c2ccc3c(c2)CCOC3)n1. The molecule has 0 bridgehead atoms. The molecule has 0 spiro atoms. The highest BCUT2D eigenvalue weighted by Gasteiger charge is 2.13. The van der Waals surface area contributed by atoms with Crippen LogP contribution in [0.4, 0.5) is 0 Å². The van der Waals surface area contributed by atoms with Crippen molar-refractivity contribution in [1.29, 1.82) is 0 Å². The number of aromatic nitrogens is 2. The van der Waals surface area contributed by atoms with Gasteiger partial charge < -0.3 is 14.0 Å². The van der Waals surface area contributed by atoms with E-state index in [4.69, 9.17) is 14.0 Å². The van der Waals surface area contributed by atoms with Gasteiger partial charge in [0.1, 0.15) is 6.61 Å². The summed E-state index contributed by atoms with van der Waals surface area (Å²) >= 11 is 0.